The lowest BCUT2D eigenvalue weighted by Crippen LogP contribution is -2.48. The summed E-state index contributed by atoms with van der Waals surface area (Å²) < 4.78 is 0. The molecule has 0 bridgehead atoms. The summed E-state index contributed by atoms with van der Waals surface area (Å²) in [6.07, 6.45) is 1.38. The molecule has 1 aliphatic rings. The van der Waals surface area contributed by atoms with E-state index in [1.807, 2.05) is 36.1 Å². The zero-order chi connectivity index (χ0) is 16.1. The number of aryl methyl sites for hydroxylation is 1. The van der Waals surface area contributed by atoms with Gasteiger partial charge in [0, 0.05) is 39.8 Å². The van der Waals surface area contributed by atoms with Crippen molar-refractivity contribution in [2.75, 3.05) is 33.7 Å². The number of hydrogen-bond acceptors (Lipinski definition) is 3. The fourth-order valence-electron chi connectivity index (χ4n) is 2.74. The number of likely N-dealkylation sites (tertiary alicyclic amines) is 1. The van der Waals surface area contributed by atoms with Crippen molar-refractivity contribution in [3.05, 3.63) is 35.4 Å². The predicted octanol–water partition coefficient (Wildman–Crippen LogP) is 1.76. The maximum absolute atomic E-state index is 11.9. The molecule has 1 heterocycles. The van der Waals surface area contributed by atoms with Gasteiger partial charge >= 0.3 is 6.03 Å². The highest BCUT2D eigenvalue weighted by Gasteiger charge is 2.23. The second-order valence-electron chi connectivity index (χ2n) is 6.27. The van der Waals surface area contributed by atoms with Crippen LogP contribution >= 0.6 is 0 Å². The number of nitrogens with one attached hydrogen (secondary N) is 1. The lowest BCUT2D eigenvalue weighted by Gasteiger charge is -2.34. The Morgan fingerprint density at radius 3 is 2.45 bits per heavy atom. The molecule has 0 saturated carbocycles. The minimum absolute atomic E-state index is 0.0816. The second kappa shape index (κ2) is 7.61. The number of benzene rings is 1. The zero-order valence-electron chi connectivity index (χ0n) is 13.7. The van der Waals surface area contributed by atoms with Gasteiger partial charge in [0.15, 0.2) is 0 Å². The van der Waals surface area contributed by atoms with Crippen LogP contribution < -0.4 is 5.32 Å². The van der Waals surface area contributed by atoms with Crippen LogP contribution in [0.15, 0.2) is 24.3 Å². The Hall–Kier alpha value is -1.59. The van der Waals surface area contributed by atoms with Gasteiger partial charge in [-0.05, 0) is 25.3 Å². The third-order valence-corrected chi connectivity index (χ3v) is 4.21. The molecule has 5 nitrogen and oxygen atoms in total. The fourth-order valence-corrected chi connectivity index (χ4v) is 2.74. The van der Waals surface area contributed by atoms with E-state index in [0.717, 1.165) is 31.5 Å². The van der Waals surface area contributed by atoms with E-state index in [-0.39, 0.29) is 6.03 Å². The van der Waals surface area contributed by atoms with Crippen LogP contribution in [-0.4, -0.2) is 60.7 Å². The normalized spacial score (nSPS) is 17.4. The smallest absolute Gasteiger partial charge is 0.319 e. The Morgan fingerprint density at radius 1 is 1.32 bits per heavy atom. The number of amides is 2. The Morgan fingerprint density at radius 2 is 1.91 bits per heavy atom. The van der Waals surface area contributed by atoms with E-state index in [1.165, 1.54) is 5.56 Å². The summed E-state index contributed by atoms with van der Waals surface area (Å²) >= 11 is 0. The van der Waals surface area contributed by atoms with E-state index in [1.54, 1.807) is 19.0 Å². The molecular formula is C17H27N3O2. The van der Waals surface area contributed by atoms with Crippen molar-refractivity contribution < 1.29 is 9.90 Å². The standard InChI is InChI=1S/C17H27N3O2/c1-13-4-6-14(7-5-13)16(21)12-18-15-8-10-20(11-9-15)17(22)19(2)3/h4-7,15-16,18,21H,8-12H2,1-3H3. The summed E-state index contributed by atoms with van der Waals surface area (Å²) in [5.41, 5.74) is 2.14. The van der Waals surface area contributed by atoms with E-state index >= 15 is 0 Å². The first-order valence-electron chi connectivity index (χ1n) is 7.91. The van der Waals surface area contributed by atoms with Gasteiger partial charge in [-0.25, -0.2) is 4.79 Å². The van der Waals surface area contributed by atoms with Gasteiger partial charge in [-0.3, -0.25) is 0 Å². The summed E-state index contributed by atoms with van der Waals surface area (Å²) in [4.78, 5) is 15.4. The van der Waals surface area contributed by atoms with E-state index in [2.05, 4.69) is 5.32 Å². The Labute approximate surface area is 132 Å². The van der Waals surface area contributed by atoms with Crippen LogP contribution in [0.3, 0.4) is 0 Å². The first kappa shape index (κ1) is 16.8. The van der Waals surface area contributed by atoms with Crippen molar-refractivity contribution in [2.24, 2.45) is 0 Å². The van der Waals surface area contributed by atoms with Crippen molar-refractivity contribution in [1.29, 1.82) is 0 Å². The first-order valence-corrected chi connectivity index (χ1v) is 7.91. The highest BCUT2D eigenvalue weighted by Crippen LogP contribution is 2.15. The monoisotopic (exact) mass is 305 g/mol. The lowest BCUT2D eigenvalue weighted by atomic mass is 10.0. The molecule has 1 aromatic carbocycles. The van der Waals surface area contributed by atoms with Gasteiger partial charge < -0.3 is 20.2 Å². The van der Waals surface area contributed by atoms with Crippen LogP contribution in [0.25, 0.3) is 0 Å². The molecule has 22 heavy (non-hydrogen) atoms. The number of aliphatic hydroxyl groups is 1. The minimum Gasteiger partial charge on any atom is -0.387 e. The average Bonchev–Trinajstić information content (AvgIpc) is 2.53. The van der Waals surface area contributed by atoms with Crippen molar-refractivity contribution >= 4 is 6.03 Å². The maximum Gasteiger partial charge on any atom is 0.319 e. The molecule has 1 aliphatic heterocycles. The molecule has 1 saturated heterocycles. The summed E-state index contributed by atoms with van der Waals surface area (Å²) in [5, 5.41) is 13.6. The molecule has 1 atom stereocenters. The average molecular weight is 305 g/mol. The molecular weight excluding hydrogens is 278 g/mol. The number of rotatable bonds is 4. The molecule has 2 amide bonds. The summed E-state index contributed by atoms with van der Waals surface area (Å²) in [6, 6.07) is 8.43. The zero-order valence-corrected chi connectivity index (χ0v) is 13.7. The first-order chi connectivity index (χ1) is 10.5. The number of aliphatic hydroxyl groups excluding tert-OH is 1. The molecule has 1 aromatic rings. The summed E-state index contributed by atoms with van der Waals surface area (Å²) in [7, 11) is 3.56. The van der Waals surface area contributed by atoms with Crippen LogP contribution in [0.4, 0.5) is 4.79 Å². The third-order valence-electron chi connectivity index (χ3n) is 4.21. The van der Waals surface area contributed by atoms with Gasteiger partial charge in [0.05, 0.1) is 6.10 Å². The van der Waals surface area contributed by atoms with Crippen LogP contribution in [0.2, 0.25) is 0 Å². The summed E-state index contributed by atoms with van der Waals surface area (Å²) in [6.45, 7) is 4.14. The maximum atomic E-state index is 11.9. The van der Waals surface area contributed by atoms with Crippen molar-refractivity contribution in [3.8, 4) is 0 Å². The van der Waals surface area contributed by atoms with Crippen molar-refractivity contribution in [1.82, 2.24) is 15.1 Å². The molecule has 0 spiro atoms. The third kappa shape index (κ3) is 4.45. The highest BCUT2D eigenvalue weighted by atomic mass is 16.3. The SMILES string of the molecule is Cc1ccc(C(O)CNC2CCN(C(=O)N(C)C)CC2)cc1. The van der Waals surface area contributed by atoms with E-state index in [4.69, 9.17) is 0 Å². The topological polar surface area (TPSA) is 55.8 Å². The van der Waals surface area contributed by atoms with Crippen LogP contribution in [0.5, 0.6) is 0 Å². The van der Waals surface area contributed by atoms with E-state index in [9.17, 15) is 9.90 Å². The number of urea groups is 1. The minimum atomic E-state index is -0.484. The molecule has 5 heteroatoms. The van der Waals surface area contributed by atoms with Gasteiger partial charge in [-0.2, -0.15) is 0 Å². The largest absolute Gasteiger partial charge is 0.387 e. The molecule has 2 rings (SSSR count). The number of carbonyl (C=O) groups is 1. The quantitative estimate of drug-likeness (QED) is 0.891. The number of hydrogen-bond donors (Lipinski definition) is 2. The Balaban J connectivity index is 1.74. The number of nitrogens with zero attached hydrogens (tertiary/aromatic N) is 2. The summed E-state index contributed by atoms with van der Waals surface area (Å²) in [5.74, 6) is 0. The molecule has 0 radical (unpaired) electrons. The van der Waals surface area contributed by atoms with E-state index < -0.39 is 6.10 Å². The van der Waals surface area contributed by atoms with Crippen molar-refractivity contribution in [2.45, 2.75) is 31.9 Å². The molecule has 0 aliphatic carbocycles. The number of carbonyl (C=O) groups excluding carboxylic acids is 1. The second-order valence-corrected chi connectivity index (χ2v) is 6.27. The van der Waals surface area contributed by atoms with Crippen LogP contribution in [-0.2, 0) is 0 Å². The molecule has 1 unspecified atom stereocenters. The fraction of sp³-hybridized carbons (Fsp3) is 0.588. The van der Waals surface area contributed by atoms with Gasteiger partial charge in [0.25, 0.3) is 0 Å². The van der Waals surface area contributed by atoms with Crippen molar-refractivity contribution in [3.63, 3.8) is 0 Å². The highest BCUT2D eigenvalue weighted by molar-refractivity contribution is 5.73. The molecule has 122 valence electrons. The molecule has 1 fully saturated rings. The van der Waals surface area contributed by atoms with Gasteiger partial charge in [0.1, 0.15) is 0 Å². The lowest BCUT2D eigenvalue weighted by molar-refractivity contribution is 0.140. The Kier molecular flexibility index (Phi) is 5.80. The van der Waals surface area contributed by atoms with Crippen LogP contribution in [0, 0.1) is 6.92 Å². The number of piperidine rings is 1. The Bertz CT molecular complexity index is 479. The molecule has 2 N–H and O–H groups in total. The molecule has 0 aromatic heterocycles. The van der Waals surface area contributed by atoms with Gasteiger partial charge in [-0.15, -0.1) is 0 Å². The van der Waals surface area contributed by atoms with Gasteiger partial charge in [-0.1, -0.05) is 29.8 Å². The van der Waals surface area contributed by atoms with Crippen LogP contribution in [0.1, 0.15) is 30.1 Å². The van der Waals surface area contributed by atoms with E-state index in [0.29, 0.717) is 12.6 Å². The predicted molar refractivity (Wildman–Crippen MR) is 87.8 cm³/mol. The van der Waals surface area contributed by atoms with Gasteiger partial charge in [0.2, 0.25) is 0 Å².